The van der Waals surface area contributed by atoms with Gasteiger partial charge in [-0.25, -0.2) is 0 Å². The molecule has 0 radical (unpaired) electrons. The fourth-order valence-corrected chi connectivity index (χ4v) is 1.08. The van der Waals surface area contributed by atoms with Gasteiger partial charge in [-0.15, -0.1) is 0 Å². The predicted octanol–water partition coefficient (Wildman–Crippen LogP) is 2.49. The molecule has 2 nitrogen and oxygen atoms in total. The standard InChI is InChI=1S/C10H14N2/c1-7-8(6-11)5-9(12-7)10(2,3)4/h5,12H,1-4H3. The van der Waals surface area contributed by atoms with E-state index < -0.39 is 0 Å². The van der Waals surface area contributed by atoms with E-state index in [2.05, 4.69) is 31.8 Å². The third-order valence-electron chi connectivity index (χ3n) is 1.94. The fraction of sp³-hybridized carbons (Fsp3) is 0.500. The highest BCUT2D eigenvalue weighted by Gasteiger charge is 2.16. The molecule has 0 aromatic carbocycles. The maximum Gasteiger partial charge on any atom is 0.101 e. The molecule has 64 valence electrons. The summed E-state index contributed by atoms with van der Waals surface area (Å²) >= 11 is 0. The van der Waals surface area contributed by atoms with Crippen LogP contribution in [0.5, 0.6) is 0 Å². The Bertz CT molecular complexity index is 321. The second-order valence-electron chi connectivity index (χ2n) is 4.08. The number of aromatic amines is 1. The summed E-state index contributed by atoms with van der Waals surface area (Å²) in [7, 11) is 0. The highest BCUT2D eigenvalue weighted by Crippen LogP contribution is 2.23. The molecule has 0 unspecified atom stereocenters. The molecule has 0 saturated heterocycles. The van der Waals surface area contributed by atoms with Crippen molar-refractivity contribution in [1.82, 2.24) is 4.98 Å². The van der Waals surface area contributed by atoms with E-state index in [1.807, 2.05) is 13.0 Å². The van der Waals surface area contributed by atoms with E-state index in [4.69, 9.17) is 5.26 Å². The van der Waals surface area contributed by atoms with E-state index in [9.17, 15) is 0 Å². The first-order valence-electron chi connectivity index (χ1n) is 4.05. The third kappa shape index (κ3) is 1.50. The minimum absolute atomic E-state index is 0.0971. The predicted molar refractivity (Wildman–Crippen MR) is 48.9 cm³/mol. The van der Waals surface area contributed by atoms with Gasteiger partial charge in [-0.3, -0.25) is 0 Å². The summed E-state index contributed by atoms with van der Waals surface area (Å²) in [6.45, 7) is 8.30. The van der Waals surface area contributed by atoms with Crippen molar-refractivity contribution < 1.29 is 0 Å². The zero-order valence-electron chi connectivity index (χ0n) is 8.02. The van der Waals surface area contributed by atoms with E-state index in [1.165, 1.54) is 0 Å². The summed E-state index contributed by atoms with van der Waals surface area (Å²) in [5.74, 6) is 0. The first-order chi connectivity index (χ1) is 5.45. The average molecular weight is 162 g/mol. The molecule has 0 bridgehead atoms. The van der Waals surface area contributed by atoms with Gasteiger partial charge < -0.3 is 4.98 Å². The largest absolute Gasteiger partial charge is 0.361 e. The van der Waals surface area contributed by atoms with E-state index in [0.29, 0.717) is 0 Å². The van der Waals surface area contributed by atoms with Crippen LogP contribution < -0.4 is 0 Å². The maximum absolute atomic E-state index is 8.73. The number of rotatable bonds is 0. The highest BCUT2D eigenvalue weighted by atomic mass is 14.7. The molecular formula is C10H14N2. The molecular weight excluding hydrogens is 148 g/mol. The molecule has 1 heterocycles. The molecule has 0 aliphatic heterocycles. The topological polar surface area (TPSA) is 39.6 Å². The van der Waals surface area contributed by atoms with Gasteiger partial charge in [0.05, 0.1) is 5.56 Å². The van der Waals surface area contributed by atoms with Crippen LogP contribution >= 0.6 is 0 Å². The Morgan fingerprint density at radius 2 is 2.00 bits per heavy atom. The van der Waals surface area contributed by atoms with Gasteiger partial charge in [-0.05, 0) is 13.0 Å². The van der Waals surface area contributed by atoms with E-state index in [0.717, 1.165) is 17.0 Å². The highest BCUT2D eigenvalue weighted by molar-refractivity contribution is 5.37. The van der Waals surface area contributed by atoms with Crippen molar-refractivity contribution in [3.63, 3.8) is 0 Å². The summed E-state index contributed by atoms with van der Waals surface area (Å²) < 4.78 is 0. The summed E-state index contributed by atoms with van der Waals surface area (Å²) in [5, 5.41) is 8.73. The average Bonchev–Trinajstić information content (AvgIpc) is 2.29. The molecule has 0 saturated carbocycles. The summed E-state index contributed by atoms with van der Waals surface area (Å²) in [6, 6.07) is 4.08. The number of nitrogens with one attached hydrogen (secondary N) is 1. The zero-order chi connectivity index (χ0) is 9.35. The Hall–Kier alpha value is -1.23. The van der Waals surface area contributed by atoms with Gasteiger partial charge in [0.2, 0.25) is 0 Å². The van der Waals surface area contributed by atoms with Crippen molar-refractivity contribution in [3.05, 3.63) is 23.0 Å². The first-order valence-corrected chi connectivity index (χ1v) is 4.05. The molecule has 1 aromatic heterocycles. The summed E-state index contributed by atoms with van der Waals surface area (Å²) in [6.07, 6.45) is 0. The minimum atomic E-state index is 0.0971. The quantitative estimate of drug-likeness (QED) is 0.625. The Balaban J connectivity index is 3.16. The number of H-pyrrole nitrogens is 1. The minimum Gasteiger partial charge on any atom is -0.361 e. The first kappa shape index (κ1) is 8.86. The Kier molecular flexibility index (Phi) is 1.97. The number of aromatic nitrogens is 1. The summed E-state index contributed by atoms with van der Waals surface area (Å²) in [4.78, 5) is 3.21. The van der Waals surface area contributed by atoms with Crippen molar-refractivity contribution in [3.8, 4) is 6.07 Å². The van der Waals surface area contributed by atoms with Gasteiger partial charge in [0.25, 0.3) is 0 Å². The number of aryl methyl sites for hydroxylation is 1. The van der Waals surface area contributed by atoms with Crippen LogP contribution in [0.1, 0.15) is 37.7 Å². The number of nitriles is 1. The summed E-state index contributed by atoms with van der Waals surface area (Å²) in [5.41, 5.74) is 2.93. The Morgan fingerprint density at radius 1 is 1.42 bits per heavy atom. The monoisotopic (exact) mass is 162 g/mol. The zero-order valence-corrected chi connectivity index (χ0v) is 8.02. The van der Waals surface area contributed by atoms with Gasteiger partial charge in [0, 0.05) is 16.8 Å². The fourth-order valence-electron chi connectivity index (χ4n) is 1.08. The van der Waals surface area contributed by atoms with Crippen LogP contribution in [0.2, 0.25) is 0 Å². The van der Waals surface area contributed by atoms with Crippen LogP contribution in [0.3, 0.4) is 0 Å². The van der Waals surface area contributed by atoms with Crippen LogP contribution in [-0.4, -0.2) is 4.98 Å². The molecule has 0 aliphatic rings. The lowest BCUT2D eigenvalue weighted by atomic mass is 9.92. The molecule has 0 atom stereocenters. The van der Waals surface area contributed by atoms with E-state index in [1.54, 1.807) is 0 Å². The van der Waals surface area contributed by atoms with Crippen molar-refractivity contribution in [1.29, 1.82) is 5.26 Å². The van der Waals surface area contributed by atoms with Crippen molar-refractivity contribution >= 4 is 0 Å². The lowest BCUT2D eigenvalue weighted by molar-refractivity contribution is 0.572. The molecule has 0 fully saturated rings. The molecule has 1 aromatic rings. The SMILES string of the molecule is Cc1[nH]c(C(C)(C)C)cc1C#N. The maximum atomic E-state index is 8.73. The lowest BCUT2D eigenvalue weighted by Gasteiger charge is -2.15. The van der Waals surface area contributed by atoms with Crippen LogP contribution in [0.4, 0.5) is 0 Å². The van der Waals surface area contributed by atoms with Gasteiger partial charge in [-0.1, -0.05) is 20.8 Å². The lowest BCUT2D eigenvalue weighted by Crippen LogP contribution is -2.11. The van der Waals surface area contributed by atoms with Gasteiger partial charge in [-0.2, -0.15) is 5.26 Å². The smallest absolute Gasteiger partial charge is 0.101 e. The van der Waals surface area contributed by atoms with Crippen molar-refractivity contribution in [2.24, 2.45) is 0 Å². The molecule has 2 heteroatoms. The van der Waals surface area contributed by atoms with Crippen LogP contribution in [-0.2, 0) is 5.41 Å². The van der Waals surface area contributed by atoms with Gasteiger partial charge in [0.15, 0.2) is 0 Å². The van der Waals surface area contributed by atoms with Crippen LogP contribution in [0.25, 0.3) is 0 Å². The normalized spacial score (nSPS) is 11.2. The Morgan fingerprint density at radius 3 is 2.25 bits per heavy atom. The number of hydrogen-bond donors (Lipinski definition) is 1. The molecule has 1 rings (SSSR count). The van der Waals surface area contributed by atoms with Crippen molar-refractivity contribution in [2.45, 2.75) is 33.1 Å². The molecule has 0 aliphatic carbocycles. The number of hydrogen-bond acceptors (Lipinski definition) is 1. The van der Waals surface area contributed by atoms with Crippen molar-refractivity contribution in [2.75, 3.05) is 0 Å². The second kappa shape index (κ2) is 2.67. The Labute approximate surface area is 73.2 Å². The van der Waals surface area contributed by atoms with Crippen LogP contribution in [0, 0.1) is 18.3 Å². The number of nitrogens with zero attached hydrogens (tertiary/aromatic N) is 1. The third-order valence-corrected chi connectivity index (χ3v) is 1.94. The van der Waals surface area contributed by atoms with Gasteiger partial charge in [0.1, 0.15) is 6.07 Å². The van der Waals surface area contributed by atoms with Gasteiger partial charge >= 0.3 is 0 Å². The molecule has 0 spiro atoms. The van der Waals surface area contributed by atoms with E-state index in [-0.39, 0.29) is 5.41 Å². The van der Waals surface area contributed by atoms with E-state index >= 15 is 0 Å². The second-order valence-corrected chi connectivity index (χ2v) is 4.08. The molecule has 1 N–H and O–H groups in total. The molecule has 12 heavy (non-hydrogen) atoms. The van der Waals surface area contributed by atoms with Crippen LogP contribution in [0.15, 0.2) is 6.07 Å². The molecule has 0 amide bonds.